The van der Waals surface area contributed by atoms with Gasteiger partial charge in [-0.1, -0.05) is 25.1 Å². The molecule has 0 aromatic heterocycles. The third-order valence-corrected chi connectivity index (χ3v) is 4.17. The molecule has 1 aromatic rings. The lowest BCUT2D eigenvalue weighted by molar-refractivity contribution is -0.139. The zero-order valence-electron chi connectivity index (χ0n) is 15.0. The number of hydrogen-bond acceptors (Lipinski definition) is 4. The monoisotopic (exact) mass is 349 g/mol. The summed E-state index contributed by atoms with van der Waals surface area (Å²) >= 11 is 0. The highest BCUT2D eigenvalue weighted by atomic mass is 16.5. The van der Waals surface area contributed by atoms with Gasteiger partial charge in [0.25, 0.3) is 0 Å². The molecule has 3 atom stereocenters. The SMILES string of the molecule is CCOc1ccccc1[C@@H](CC)NC(=O)N1C[C@@H](C)O[C@@H](C(N)=O)C1. The maximum atomic E-state index is 12.7. The molecule has 1 aliphatic rings. The van der Waals surface area contributed by atoms with E-state index >= 15 is 0 Å². The minimum Gasteiger partial charge on any atom is -0.494 e. The molecular weight excluding hydrogens is 322 g/mol. The van der Waals surface area contributed by atoms with Crippen LogP contribution >= 0.6 is 0 Å². The Kier molecular flexibility index (Phi) is 6.64. The number of rotatable bonds is 6. The quantitative estimate of drug-likeness (QED) is 0.819. The second-order valence-electron chi connectivity index (χ2n) is 6.12. The molecule has 138 valence electrons. The summed E-state index contributed by atoms with van der Waals surface area (Å²) in [7, 11) is 0. The number of primary amides is 1. The molecule has 0 saturated carbocycles. The fourth-order valence-corrected chi connectivity index (χ4v) is 2.97. The van der Waals surface area contributed by atoms with Crippen molar-refractivity contribution in [1.82, 2.24) is 10.2 Å². The van der Waals surface area contributed by atoms with Gasteiger partial charge in [0.05, 0.1) is 25.3 Å². The van der Waals surface area contributed by atoms with Crippen LogP contribution in [0, 0.1) is 0 Å². The second-order valence-corrected chi connectivity index (χ2v) is 6.12. The Labute approximate surface area is 148 Å². The molecule has 0 bridgehead atoms. The molecule has 25 heavy (non-hydrogen) atoms. The predicted molar refractivity (Wildman–Crippen MR) is 94.3 cm³/mol. The molecule has 7 nitrogen and oxygen atoms in total. The predicted octanol–water partition coefficient (Wildman–Crippen LogP) is 1.82. The molecule has 7 heteroatoms. The molecule has 3 amide bonds. The second kappa shape index (κ2) is 8.71. The lowest BCUT2D eigenvalue weighted by Gasteiger charge is -2.36. The molecule has 0 unspecified atom stereocenters. The van der Waals surface area contributed by atoms with Crippen LogP contribution in [-0.4, -0.2) is 48.7 Å². The van der Waals surface area contributed by atoms with Crippen molar-refractivity contribution in [2.24, 2.45) is 5.73 Å². The van der Waals surface area contributed by atoms with Crippen LogP contribution in [0.1, 0.15) is 38.8 Å². The van der Waals surface area contributed by atoms with Gasteiger partial charge in [0.15, 0.2) is 6.10 Å². The first kappa shape index (κ1) is 19.1. The summed E-state index contributed by atoms with van der Waals surface area (Å²) in [5, 5.41) is 3.03. The summed E-state index contributed by atoms with van der Waals surface area (Å²) in [4.78, 5) is 25.7. The van der Waals surface area contributed by atoms with Crippen molar-refractivity contribution in [1.29, 1.82) is 0 Å². The number of ether oxygens (including phenoxy) is 2. The van der Waals surface area contributed by atoms with Crippen molar-refractivity contribution in [2.45, 2.75) is 45.4 Å². The fraction of sp³-hybridized carbons (Fsp3) is 0.556. The van der Waals surface area contributed by atoms with Crippen LogP contribution in [0.4, 0.5) is 4.79 Å². The van der Waals surface area contributed by atoms with E-state index in [1.165, 1.54) is 0 Å². The number of morpholine rings is 1. The van der Waals surface area contributed by atoms with E-state index in [4.69, 9.17) is 15.2 Å². The maximum Gasteiger partial charge on any atom is 0.318 e. The Morgan fingerprint density at radius 3 is 2.72 bits per heavy atom. The number of hydrogen-bond donors (Lipinski definition) is 2. The van der Waals surface area contributed by atoms with E-state index in [-0.39, 0.29) is 24.7 Å². The van der Waals surface area contributed by atoms with Crippen molar-refractivity contribution in [3.05, 3.63) is 29.8 Å². The van der Waals surface area contributed by atoms with Gasteiger partial charge in [-0.3, -0.25) is 4.79 Å². The van der Waals surface area contributed by atoms with E-state index < -0.39 is 12.0 Å². The van der Waals surface area contributed by atoms with Crippen molar-refractivity contribution < 1.29 is 19.1 Å². The molecule has 1 aromatic carbocycles. The Balaban J connectivity index is 2.10. The van der Waals surface area contributed by atoms with Crippen molar-refractivity contribution >= 4 is 11.9 Å². The normalized spacial score (nSPS) is 21.5. The molecule has 1 aliphatic heterocycles. The van der Waals surface area contributed by atoms with Gasteiger partial charge in [-0.05, 0) is 26.3 Å². The summed E-state index contributed by atoms with van der Waals surface area (Å²) < 4.78 is 11.1. The molecular formula is C18H27N3O4. The first-order chi connectivity index (χ1) is 12.0. The van der Waals surface area contributed by atoms with Crippen LogP contribution < -0.4 is 15.8 Å². The number of nitrogens with one attached hydrogen (secondary N) is 1. The highest BCUT2D eigenvalue weighted by Gasteiger charge is 2.32. The standard InChI is InChI=1S/C18H27N3O4/c1-4-14(13-8-6-7-9-15(13)24-5-2)20-18(23)21-10-12(3)25-16(11-21)17(19)22/h6-9,12,14,16H,4-5,10-11H2,1-3H3,(H2,19,22)(H,20,23)/t12-,14-,16-/m1/s1. The number of nitrogens with two attached hydrogens (primary N) is 1. The molecule has 3 N–H and O–H groups in total. The molecule has 0 spiro atoms. The van der Waals surface area contributed by atoms with Crippen molar-refractivity contribution in [3.63, 3.8) is 0 Å². The molecule has 1 fully saturated rings. The summed E-state index contributed by atoms with van der Waals surface area (Å²) in [5.74, 6) is 0.209. The lowest BCUT2D eigenvalue weighted by atomic mass is 10.0. The van der Waals surface area contributed by atoms with Crippen molar-refractivity contribution in [2.75, 3.05) is 19.7 Å². The van der Waals surface area contributed by atoms with Crippen LogP contribution in [0.15, 0.2) is 24.3 Å². The van der Waals surface area contributed by atoms with Gasteiger partial charge in [-0.25, -0.2) is 4.79 Å². The number of amides is 3. The van der Waals surface area contributed by atoms with E-state index in [9.17, 15) is 9.59 Å². The Morgan fingerprint density at radius 2 is 2.08 bits per heavy atom. The third kappa shape index (κ3) is 4.85. The minimum atomic E-state index is -0.773. The third-order valence-electron chi connectivity index (χ3n) is 4.17. The molecule has 0 aliphatic carbocycles. The fourth-order valence-electron chi connectivity index (χ4n) is 2.97. The minimum absolute atomic E-state index is 0.162. The molecule has 1 heterocycles. The molecule has 1 saturated heterocycles. The number of benzene rings is 1. The zero-order valence-corrected chi connectivity index (χ0v) is 15.0. The number of carbonyl (C=O) groups excluding carboxylic acids is 2. The Hall–Kier alpha value is -2.28. The summed E-state index contributed by atoms with van der Waals surface area (Å²) in [6, 6.07) is 7.26. The van der Waals surface area contributed by atoms with Gasteiger partial charge in [0.1, 0.15) is 5.75 Å². The van der Waals surface area contributed by atoms with E-state index in [0.29, 0.717) is 13.2 Å². The van der Waals surface area contributed by atoms with E-state index in [2.05, 4.69) is 5.32 Å². The maximum absolute atomic E-state index is 12.7. The van der Waals surface area contributed by atoms with E-state index in [1.807, 2.05) is 45.0 Å². The van der Waals surface area contributed by atoms with Crippen LogP contribution in [0.3, 0.4) is 0 Å². The first-order valence-corrected chi connectivity index (χ1v) is 8.68. The zero-order chi connectivity index (χ0) is 18.4. The summed E-state index contributed by atoms with van der Waals surface area (Å²) in [5.41, 5.74) is 6.26. The van der Waals surface area contributed by atoms with Gasteiger partial charge in [-0.15, -0.1) is 0 Å². The summed E-state index contributed by atoms with van der Waals surface area (Å²) in [6.07, 6.45) is -0.298. The largest absolute Gasteiger partial charge is 0.494 e. The Morgan fingerprint density at radius 1 is 1.36 bits per heavy atom. The van der Waals surface area contributed by atoms with E-state index in [0.717, 1.165) is 17.7 Å². The molecule has 2 rings (SSSR count). The highest BCUT2D eigenvalue weighted by Crippen LogP contribution is 2.27. The van der Waals surface area contributed by atoms with Crippen LogP contribution in [-0.2, 0) is 9.53 Å². The van der Waals surface area contributed by atoms with E-state index in [1.54, 1.807) is 4.90 Å². The van der Waals surface area contributed by atoms with Gasteiger partial charge in [0.2, 0.25) is 5.91 Å². The van der Waals surface area contributed by atoms with Crippen LogP contribution in [0.2, 0.25) is 0 Å². The van der Waals surface area contributed by atoms with Gasteiger partial charge >= 0.3 is 6.03 Å². The Bertz CT molecular complexity index is 608. The average Bonchev–Trinajstić information content (AvgIpc) is 2.60. The van der Waals surface area contributed by atoms with Gasteiger partial charge in [-0.2, -0.15) is 0 Å². The van der Waals surface area contributed by atoms with Gasteiger partial charge < -0.3 is 25.4 Å². The molecule has 0 radical (unpaired) electrons. The van der Waals surface area contributed by atoms with Gasteiger partial charge in [0, 0.05) is 12.1 Å². The van der Waals surface area contributed by atoms with Crippen molar-refractivity contribution in [3.8, 4) is 5.75 Å². The summed E-state index contributed by atoms with van der Waals surface area (Å²) in [6.45, 7) is 6.88. The smallest absolute Gasteiger partial charge is 0.318 e. The number of nitrogens with zero attached hydrogens (tertiary/aromatic N) is 1. The number of urea groups is 1. The van der Waals surface area contributed by atoms with Crippen LogP contribution in [0.5, 0.6) is 5.75 Å². The highest BCUT2D eigenvalue weighted by molar-refractivity contribution is 5.81. The first-order valence-electron chi connectivity index (χ1n) is 8.68. The van der Waals surface area contributed by atoms with Crippen LogP contribution in [0.25, 0.3) is 0 Å². The number of carbonyl (C=O) groups is 2. The lowest BCUT2D eigenvalue weighted by Crippen LogP contribution is -2.56. The average molecular weight is 349 g/mol. The number of para-hydroxylation sites is 1. The topological polar surface area (TPSA) is 93.9 Å².